The summed E-state index contributed by atoms with van der Waals surface area (Å²) in [5, 5.41) is 4.04. The fourth-order valence-electron chi connectivity index (χ4n) is 2.46. The van der Waals surface area contributed by atoms with Gasteiger partial charge in [-0.2, -0.15) is 5.10 Å². The zero-order valence-corrected chi connectivity index (χ0v) is 18.0. The van der Waals surface area contributed by atoms with Gasteiger partial charge in [0.1, 0.15) is 0 Å². The molecule has 0 aliphatic rings. The van der Waals surface area contributed by atoms with Crippen molar-refractivity contribution in [1.82, 2.24) is 10.4 Å². The predicted octanol–water partition coefficient (Wildman–Crippen LogP) is 4.73. The van der Waals surface area contributed by atoms with E-state index in [2.05, 4.69) is 22.4 Å². The van der Waals surface area contributed by atoms with Crippen LogP contribution in [-0.4, -0.2) is 36.1 Å². The van der Waals surface area contributed by atoms with Gasteiger partial charge in [0.2, 0.25) is 0 Å². The number of rotatable bonds is 10. The highest BCUT2D eigenvalue weighted by Gasteiger charge is 2.08. The average Bonchev–Trinajstić information content (AvgIpc) is 3.15. The summed E-state index contributed by atoms with van der Waals surface area (Å²) in [5.41, 5.74) is 4.32. The van der Waals surface area contributed by atoms with Crippen molar-refractivity contribution in [3.8, 4) is 11.5 Å². The summed E-state index contributed by atoms with van der Waals surface area (Å²) in [7, 11) is 0. The van der Waals surface area contributed by atoms with Gasteiger partial charge in [-0.1, -0.05) is 30.8 Å². The summed E-state index contributed by atoms with van der Waals surface area (Å²) < 4.78 is 13.3. The molecule has 152 valence electrons. The number of ether oxygens (including phenoxy) is 2. The summed E-state index contributed by atoms with van der Waals surface area (Å²) in [6, 6.07) is 13.5. The third kappa shape index (κ3) is 6.20. The molecule has 0 bridgehead atoms. The molecule has 0 aliphatic heterocycles. The second-order valence-electron chi connectivity index (χ2n) is 6.02. The highest BCUT2D eigenvalue weighted by Crippen LogP contribution is 2.29. The first-order valence-corrected chi connectivity index (χ1v) is 11.2. The van der Waals surface area contributed by atoms with E-state index in [0.717, 1.165) is 26.5 Å². The van der Waals surface area contributed by atoms with Gasteiger partial charge < -0.3 is 9.47 Å². The number of aromatic nitrogens is 1. The number of carbonyl (C=O) groups excluding carboxylic acids is 1. The van der Waals surface area contributed by atoms with Crippen LogP contribution >= 0.6 is 23.1 Å². The Hall–Kier alpha value is -2.58. The van der Waals surface area contributed by atoms with E-state index in [1.54, 1.807) is 17.6 Å². The van der Waals surface area contributed by atoms with E-state index in [9.17, 15) is 4.79 Å². The summed E-state index contributed by atoms with van der Waals surface area (Å²) >= 11 is 2.98. The van der Waals surface area contributed by atoms with Crippen molar-refractivity contribution in [3.05, 3.63) is 48.0 Å². The molecule has 2 aromatic carbocycles. The van der Waals surface area contributed by atoms with Crippen LogP contribution in [0.4, 0.5) is 0 Å². The van der Waals surface area contributed by atoms with Gasteiger partial charge in [0.15, 0.2) is 15.8 Å². The number of hydrogen-bond donors (Lipinski definition) is 1. The minimum Gasteiger partial charge on any atom is -0.490 e. The van der Waals surface area contributed by atoms with Crippen molar-refractivity contribution in [3.63, 3.8) is 0 Å². The maximum atomic E-state index is 12.1. The summed E-state index contributed by atoms with van der Waals surface area (Å²) in [5.74, 6) is 1.45. The van der Waals surface area contributed by atoms with Crippen LogP contribution in [0.1, 0.15) is 25.8 Å². The van der Waals surface area contributed by atoms with E-state index in [4.69, 9.17) is 9.47 Å². The number of thiazole rings is 1. The second kappa shape index (κ2) is 10.8. The highest BCUT2D eigenvalue weighted by molar-refractivity contribution is 8.01. The molecule has 29 heavy (non-hydrogen) atoms. The van der Waals surface area contributed by atoms with Crippen molar-refractivity contribution in [2.45, 2.75) is 24.6 Å². The Balaban J connectivity index is 1.52. The van der Waals surface area contributed by atoms with Crippen LogP contribution in [0.3, 0.4) is 0 Å². The lowest BCUT2D eigenvalue weighted by Gasteiger charge is -2.11. The molecule has 3 aromatic rings. The summed E-state index contributed by atoms with van der Waals surface area (Å²) in [6.45, 7) is 5.16. The molecule has 8 heteroatoms. The van der Waals surface area contributed by atoms with Crippen molar-refractivity contribution < 1.29 is 14.3 Å². The molecule has 0 atom stereocenters. The molecule has 1 heterocycles. The molecule has 0 saturated carbocycles. The van der Waals surface area contributed by atoms with Crippen molar-refractivity contribution in [2.24, 2.45) is 5.10 Å². The first-order chi connectivity index (χ1) is 14.2. The Morgan fingerprint density at radius 1 is 1.21 bits per heavy atom. The molecule has 0 fully saturated rings. The van der Waals surface area contributed by atoms with Gasteiger partial charge in [-0.25, -0.2) is 10.4 Å². The largest absolute Gasteiger partial charge is 0.490 e. The first-order valence-electron chi connectivity index (χ1n) is 9.39. The number of nitrogens with one attached hydrogen (secondary N) is 1. The van der Waals surface area contributed by atoms with E-state index in [1.807, 2.05) is 49.4 Å². The standard InChI is InChI=1S/C21H23N3O3S2/c1-3-11-27-17-10-9-15(12-18(17)26-4-2)13-22-24-20(25)14-28-21-23-16-7-5-6-8-19(16)29-21/h5-10,12-13H,3-4,11,14H2,1-2H3,(H,24,25)/b22-13-. The quantitative estimate of drug-likeness (QED) is 0.287. The Labute approximate surface area is 178 Å². The maximum Gasteiger partial charge on any atom is 0.250 e. The molecule has 0 unspecified atom stereocenters. The van der Waals surface area contributed by atoms with Crippen molar-refractivity contribution in [2.75, 3.05) is 19.0 Å². The smallest absolute Gasteiger partial charge is 0.250 e. The Morgan fingerprint density at radius 2 is 2.07 bits per heavy atom. The topological polar surface area (TPSA) is 72.8 Å². The van der Waals surface area contributed by atoms with E-state index < -0.39 is 0 Å². The maximum absolute atomic E-state index is 12.1. The number of thioether (sulfide) groups is 1. The third-order valence-corrected chi connectivity index (χ3v) is 5.91. The first kappa shape index (κ1) is 21.1. The summed E-state index contributed by atoms with van der Waals surface area (Å²) in [6.07, 6.45) is 2.52. The van der Waals surface area contributed by atoms with Gasteiger partial charge >= 0.3 is 0 Å². The highest BCUT2D eigenvalue weighted by atomic mass is 32.2. The van der Waals surface area contributed by atoms with E-state index in [1.165, 1.54) is 11.8 Å². The Morgan fingerprint density at radius 3 is 2.86 bits per heavy atom. The zero-order chi connectivity index (χ0) is 20.5. The van der Waals surface area contributed by atoms with Crippen LogP contribution in [0.25, 0.3) is 10.2 Å². The fraction of sp³-hybridized carbons (Fsp3) is 0.286. The minimum atomic E-state index is -0.182. The second-order valence-corrected chi connectivity index (χ2v) is 8.27. The lowest BCUT2D eigenvalue weighted by molar-refractivity contribution is -0.118. The van der Waals surface area contributed by atoms with Crippen LogP contribution in [-0.2, 0) is 4.79 Å². The van der Waals surface area contributed by atoms with Gasteiger partial charge in [0, 0.05) is 0 Å². The number of nitrogens with zero attached hydrogens (tertiary/aromatic N) is 2. The fourth-order valence-corrected chi connectivity index (χ4v) is 4.32. The minimum absolute atomic E-state index is 0.182. The van der Waals surface area contributed by atoms with Crippen molar-refractivity contribution >= 4 is 45.4 Å². The van der Waals surface area contributed by atoms with Crippen LogP contribution in [0, 0.1) is 0 Å². The van der Waals surface area contributed by atoms with Gasteiger partial charge in [-0.15, -0.1) is 11.3 Å². The van der Waals surface area contributed by atoms with Crippen LogP contribution in [0.5, 0.6) is 11.5 Å². The number of hydrogen-bond acceptors (Lipinski definition) is 7. The SMILES string of the molecule is CCCOc1ccc(/C=N\NC(=O)CSc2nc3ccccc3s2)cc1OCC. The predicted molar refractivity (Wildman–Crippen MR) is 119 cm³/mol. The van der Waals surface area contributed by atoms with Crippen LogP contribution in [0.15, 0.2) is 51.9 Å². The van der Waals surface area contributed by atoms with Gasteiger partial charge in [-0.3, -0.25) is 4.79 Å². The van der Waals surface area contributed by atoms with E-state index in [-0.39, 0.29) is 11.7 Å². The molecule has 1 aromatic heterocycles. The van der Waals surface area contributed by atoms with Gasteiger partial charge in [0.25, 0.3) is 5.91 Å². The molecule has 3 rings (SSSR count). The molecular formula is C21H23N3O3S2. The molecular weight excluding hydrogens is 406 g/mol. The molecule has 1 N–H and O–H groups in total. The third-order valence-electron chi connectivity index (χ3n) is 3.73. The van der Waals surface area contributed by atoms with Crippen molar-refractivity contribution in [1.29, 1.82) is 0 Å². The number of fused-ring (bicyclic) bond motifs is 1. The molecule has 0 aliphatic carbocycles. The average molecular weight is 430 g/mol. The normalized spacial score (nSPS) is 11.1. The van der Waals surface area contributed by atoms with Gasteiger partial charge in [-0.05, 0) is 49.2 Å². The number of amides is 1. The van der Waals surface area contributed by atoms with Gasteiger partial charge in [0.05, 0.1) is 35.4 Å². The lowest BCUT2D eigenvalue weighted by atomic mass is 10.2. The Kier molecular flexibility index (Phi) is 7.89. The van der Waals surface area contributed by atoms with Crippen LogP contribution < -0.4 is 14.9 Å². The molecule has 0 saturated heterocycles. The Bertz CT molecular complexity index is 955. The number of benzene rings is 2. The number of para-hydroxylation sites is 1. The van der Waals surface area contributed by atoms with Crippen LogP contribution in [0.2, 0.25) is 0 Å². The number of hydrazone groups is 1. The molecule has 0 radical (unpaired) electrons. The van der Waals surface area contributed by atoms with E-state index >= 15 is 0 Å². The zero-order valence-electron chi connectivity index (χ0n) is 16.4. The molecule has 1 amide bonds. The summed E-state index contributed by atoms with van der Waals surface area (Å²) in [4.78, 5) is 16.6. The lowest BCUT2D eigenvalue weighted by Crippen LogP contribution is -2.19. The number of carbonyl (C=O) groups is 1. The monoisotopic (exact) mass is 429 g/mol. The molecule has 6 nitrogen and oxygen atoms in total. The van der Waals surface area contributed by atoms with E-state index in [0.29, 0.717) is 24.7 Å². The molecule has 0 spiro atoms.